The maximum absolute atomic E-state index is 12.5. The molecule has 0 saturated heterocycles. The molecule has 0 spiro atoms. The van der Waals surface area contributed by atoms with E-state index >= 15 is 0 Å². The molecule has 1 N–H and O–H groups in total. The average molecular weight is 388 g/mol. The lowest BCUT2D eigenvalue weighted by Gasteiger charge is -2.21. The van der Waals surface area contributed by atoms with Gasteiger partial charge in [-0.15, -0.1) is 0 Å². The summed E-state index contributed by atoms with van der Waals surface area (Å²) in [5.74, 6) is 0. The van der Waals surface area contributed by atoms with E-state index < -0.39 is 21.7 Å². The molecule has 0 saturated carbocycles. The predicted octanol–water partition coefficient (Wildman–Crippen LogP) is 5.83. The Balaban J connectivity index is 4.39. The number of hydrogen-bond acceptors (Lipinski definition) is 6. The monoisotopic (exact) mass is 388 g/mol. The third-order valence-corrected chi connectivity index (χ3v) is 6.36. The second-order valence-corrected chi connectivity index (χ2v) is 9.15. The molecule has 0 aliphatic carbocycles. The third-order valence-electron chi connectivity index (χ3n) is 3.04. The van der Waals surface area contributed by atoms with E-state index in [-0.39, 0.29) is 13.2 Å². The van der Waals surface area contributed by atoms with Crippen LogP contribution in [0.4, 0.5) is 0 Å². The Hall–Kier alpha value is 0.260. The van der Waals surface area contributed by atoms with E-state index in [1.54, 1.807) is 13.8 Å². The molecular formula is C15H34O7P2. The normalized spacial score (nSPS) is 16.9. The van der Waals surface area contributed by atoms with Crippen LogP contribution in [0.5, 0.6) is 0 Å². The molecule has 0 heterocycles. The van der Waals surface area contributed by atoms with Crippen molar-refractivity contribution in [2.45, 2.75) is 85.2 Å². The van der Waals surface area contributed by atoms with Crippen molar-refractivity contribution in [3.8, 4) is 0 Å². The molecule has 0 aliphatic heterocycles. The summed E-state index contributed by atoms with van der Waals surface area (Å²) in [7, 11) is -8.63. The molecule has 0 aromatic rings. The summed E-state index contributed by atoms with van der Waals surface area (Å²) in [4.78, 5) is 9.67. The van der Waals surface area contributed by atoms with E-state index in [1.165, 1.54) is 12.8 Å². The van der Waals surface area contributed by atoms with Crippen molar-refractivity contribution >= 4 is 15.6 Å². The van der Waals surface area contributed by atoms with Gasteiger partial charge in [0.25, 0.3) is 0 Å². The molecule has 0 aromatic heterocycles. The molecule has 2 atom stereocenters. The Labute approximate surface area is 146 Å². The molecule has 0 bridgehead atoms. The van der Waals surface area contributed by atoms with Crippen LogP contribution in [0.15, 0.2) is 0 Å². The Morgan fingerprint density at radius 3 is 1.96 bits per heavy atom. The molecule has 0 aliphatic rings. The highest BCUT2D eigenvalue weighted by molar-refractivity contribution is 7.61. The van der Waals surface area contributed by atoms with Crippen molar-refractivity contribution in [1.29, 1.82) is 0 Å². The Bertz CT molecular complexity index is 401. The van der Waals surface area contributed by atoms with Crippen LogP contribution in [0.1, 0.15) is 79.1 Å². The molecule has 0 amide bonds. The van der Waals surface area contributed by atoms with Crippen LogP contribution >= 0.6 is 15.6 Å². The Morgan fingerprint density at radius 1 is 0.833 bits per heavy atom. The van der Waals surface area contributed by atoms with Crippen LogP contribution in [-0.2, 0) is 27.0 Å². The quantitative estimate of drug-likeness (QED) is 0.263. The van der Waals surface area contributed by atoms with Gasteiger partial charge in [0.1, 0.15) is 0 Å². The van der Waals surface area contributed by atoms with Crippen molar-refractivity contribution in [2.75, 3.05) is 13.2 Å². The number of rotatable bonds is 16. The highest BCUT2D eigenvalue weighted by Crippen LogP contribution is 2.64. The summed E-state index contributed by atoms with van der Waals surface area (Å²) in [6.07, 6.45) is 7.15. The zero-order valence-electron chi connectivity index (χ0n) is 15.4. The van der Waals surface area contributed by atoms with Crippen LogP contribution in [0.25, 0.3) is 0 Å². The second-order valence-electron chi connectivity index (χ2n) is 5.94. The maximum atomic E-state index is 12.5. The fraction of sp³-hybridized carbons (Fsp3) is 1.00. The fourth-order valence-corrected chi connectivity index (χ4v) is 4.70. The van der Waals surface area contributed by atoms with Gasteiger partial charge in [0.2, 0.25) is 0 Å². The van der Waals surface area contributed by atoms with Crippen LogP contribution in [-0.4, -0.2) is 24.2 Å². The van der Waals surface area contributed by atoms with Gasteiger partial charge in [0.15, 0.2) is 0 Å². The van der Waals surface area contributed by atoms with Gasteiger partial charge >= 0.3 is 15.6 Å². The third kappa shape index (κ3) is 13.5. The van der Waals surface area contributed by atoms with Crippen LogP contribution < -0.4 is 0 Å². The standard InChI is InChI=1S/C15H34O7P2/c1-5-7-9-10-11-12-14-20-24(18,21-15(3)4)22-23(16,17)19-13-8-6-2/h15H,5-14H2,1-4H3,(H,16,17). The minimum Gasteiger partial charge on any atom is -0.302 e. The largest absolute Gasteiger partial charge is 0.483 e. The molecule has 7 nitrogen and oxygen atoms in total. The second kappa shape index (κ2) is 13.5. The summed E-state index contributed by atoms with van der Waals surface area (Å²) in [5.41, 5.74) is 0. The lowest BCUT2D eigenvalue weighted by molar-refractivity contribution is 0.105. The zero-order valence-corrected chi connectivity index (χ0v) is 17.2. The van der Waals surface area contributed by atoms with Gasteiger partial charge in [-0.05, 0) is 26.7 Å². The van der Waals surface area contributed by atoms with Crippen molar-refractivity contribution < 1.29 is 31.9 Å². The van der Waals surface area contributed by atoms with Crippen LogP contribution in [0, 0.1) is 0 Å². The summed E-state index contributed by atoms with van der Waals surface area (Å²) in [5, 5.41) is 0. The van der Waals surface area contributed by atoms with Crippen molar-refractivity contribution in [1.82, 2.24) is 0 Å². The average Bonchev–Trinajstić information content (AvgIpc) is 2.44. The molecule has 24 heavy (non-hydrogen) atoms. The van der Waals surface area contributed by atoms with Gasteiger partial charge in [-0.3, -0.25) is 13.6 Å². The van der Waals surface area contributed by atoms with E-state index in [0.717, 1.165) is 25.7 Å². The van der Waals surface area contributed by atoms with Crippen LogP contribution in [0.3, 0.4) is 0 Å². The molecule has 0 fully saturated rings. The fourth-order valence-electron chi connectivity index (χ4n) is 1.86. The van der Waals surface area contributed by atoms with Gasteiger partial charge < -0.3 is 4.89 Å². The predicted molar refractivity (Wildman–Crippen MR) is 94.9 cm³/mol. The first-order chi connectivity index (χ1) is 11.2. The van der Waals surface area contributed by atoms with Gasteiger partial charge in [0, 0.05) is 0 Å². The van der Waals surface area contributed by atoms with E-state index in [4.69, 9.17) is 17.9 Å². The van der Waals surface area contributed by atoms with E-state index in [9.17, 15) is 14.0 Å². The first-order valence-electron chi connectivity index (χ1n) is 8.86. The van der Waals surface area contributed by atoms with Gasteiger partial charge in [0.05, 0.1) is 19.3 Å². The van der Waals surface area contributed by atoms with E-state index in [2.05, 4.69) is 6.92 Å². The maximum Gasteiger partial charge on any atom is 0.483 e. The minimum absolute atomic E-state index is 0.0450. The molecule has 0 radical (unpaired) electrons. The first-order valence-corrected chi connectivity index (χ1v) is 11.8. The number of phosphoric acid groups is 2. The smallest absolute Gasteiger partial charge is 0.302 e. The van der Waals surface area contributed by atoms with Crippen molar-refractivity contribution in [3.63, 3.8) is 0 Å². The molecule has 9 heteroatoms. The summed E-state index contributed by atoms with van der Waals surface area (Å²) in [6, 6.07) is 0. The molecule has 146 valence electrons. The Morgan fingerprint density at radius 2 is 1.38 bits per heavy atom. The summed E-state index contributed by atoms with van der Waals surface area (Å²) >= 11 is 0. The van der Waals surface area contributed by atoms with E-state index in [1.807, 2.05) is 6.92 Å². The number of unbranched alkanes of at least 4 members (excludes halogenated alkanes) is 6. The van der Waals surface area contributed by atoms with Crippen molar-refractivity contribution in [2.24, 2.45) is 0 Å². The van der Waals surface area contributed by atoms with Crippen molar-refractivity contribution in [3.05, 3.63) is 0 Å². The number of hydrogen-bond donors (Lipinski definition) is 1. The minimum atomic E-state index is -4.48. The summed E-state index contributed by atoms with van der Waals surface area (Å²) in [6.45, 7) is 7.54. The molecule has 0 aromatic carbocycles. The van der Waals surface area contributed by atoms with E-state index in [0.29, 0.717) is 12.8 Å². The van der Waals surface area contributed by atoms with Gasteiger partial charge in [-0.25, -0.2) is 9.13 Å². The zero-order chi connectivity index (χ0) is 18.5. The van der Waals surface area contributed by atoms with Gasteiger partial charge in [-0.2, -0.15) is 4.31 Å². The number of phosphoric ester groups is 2. The first kappa shape index (κ1) is 24.3. The van der Waals surface area contributed by atoms with Crippen LogP contribution in [0.2, 0.25) is 0 Å². The van der Waals surface area contributed by atoms with Gasteiger partial charge in [-0.1, -0.05) is 52.4 Å². The topological polar surface area (TPSA) is 91.3 Å². The molecule has 0 rings (SSSR count). The SMILES string of the molecule is CCCCCCCCOP(=O)(OC(C)C)OP(=O)(O)OCCCC. The molecular weight excluding hydrogens is 354 g/mol. The highest BCUT2D eigenvalue weighted by atomic mass is 31.3. The lowest BCUT2D eigenvalue weighted by Crippen LogP contribution is -2.07. The lowest BCUT2D eigenvalue weighted by atomic mass is 10.1. The highest BCUT2D eigenvalue weighted by Gasteiger charge is 2.38. The Kier molecular flexibility index (Phi) is 13.6. The molecule has 2 unspecified atom stereocenters. The summed E-state index contributed by atoms with van der Waals surface area (Å²) < 4.78 is 44.2.